The maximum Gasteiger partial charge on any atom is 0.219 e. The molecule has 0 aromatic rings. The fraction of sp³-hybridized carbons (Fsp3) is 0.917. The fourth-order valence-corrected chi connectivity index (χ4v) is 2.29. The maximum absolute atomic E-state index is 11.2. The van der Waals surface area contributed by atoms with E-state index < -0.39 is 0 Å². The van der Waals surface area contributed by atoms with Crippen LogP contribution in [0.4, 0.5) is 0 Å². The third-order valence-corrected chi connectivity index (χ3v) is 3.34. The highest BCUT2D eigenvalue weighted by molar-refractivity contribution is 5.73. The lowest BCUT2D eigenvalue weighted by molar-refractivity contribution is -0.127. The summed E-state index contributed by atoms with van der Waals surface area (Å²) in [6.07, 6.45) is 1.09. The van der Waals surface area contributed by atoms with Gasteiger partial charge in [-0.25, -0.2) is 0 Å². The number of carbonyl (C=O) groups is 1. The van der Waals surface area contributed by atoms with Crippen molar-refractivity contribution in [3.8, 4) is 0 Å². The molecule has 1 heterocycles. The molecule has 0 bridgehead atoms. The highest BCUT2D eigenvalue weighted by atomic mass is 16.3. The van der Waals surface area contributed by atoms with Crippen molar-refractivity contribution in [2.45, 2.75) is 33.2 Å². The Kier molecular flexibility index (Phi) is 5.22. The standard InChI is InChI=1S/C12H24N2O2/c1-10(2)13(6-7-15)8-12-4-5-14(9-12)11(3)16/h10,12,15H,4-9H2,1-3H3/t12-/m1/s1. The number of nitrogens with zero attached hydrogens (tertiary/aromatic N) is 2. The predicted octanol–water partition coefficient (Wildman–Crippen LogP) is 0.557. The predicted molar refractivity (Wildman–Crippen MR) is 64.2 cm³/mol. The van der Waals surface area contributed by atoms with Crippen LogP contribution in [0.15, 0.2) is 0 Å². The number of amides is 1. The number of hydrogen-bond donors (Lipinski definition) is 1. The van der Waals surface area contributed by atoms with Crippen LogP contribution < -0.4 is 0 Å². The molecule has 1 aliphatic rings. The Labute approximate surface area is 98.2 Å². The Bertz CT molecular complexity index is 231. The number of hydrogen-bond acceptors (Lipinski definition) is 3. The van der Waals surface area contributed by atoms with E-state index in [2.05, 4.69) is 18.7 Å². The fourth-order valence-electron chi connectivity index (χ4n) is 2.29. The first-order valence-corrected chi connectivity index (χ1v) is 6.15. The van der Waals surface area contributed by atoms with E-state index in [1.807, 2.05) is 4.90 Å². The van der Waals surface area contributed by atoms with Gasteiger partial charge >= 0.3 is 0 Å². The highest BCUT2D eigenvalue weighted by Crippen LogP contribution is 2.18. The van der Waals surface area contributed by atoms with Crippen LogP contribution in [0.2, 0.25) is 0 Å². The van der Waals surface area contributed by atoms with Crippen LogP contribution in [0.5, 0.6) is 0 Å². The zero-order valence-electron chi connectivity index (χ0n) is 10.6. The topological polar surface area (TPSA) is 43.8 Å². The minimum Gasteiger partial charge on any atom is -0.395 e. The Balaban J connectivity index is 2.39. The van der Waals surface area contributed by atoms with Crippen LogP contribution in [-0.4, -0.2) is 59.6 Å². The van der Waals surface area contributed by atoms with Gasteiger partial charge in [0.1, 0.15) is 0 Å². The first-order chi connectivity index (χ1) is 7.54. The average molecular weight is 228 g/mol. The van der Waals surface area contributed by atoms with Crippen LogP contribution in [0.25, 0.3) is 0 Å². The molecule has 0 aromatic heterocycles. The summed E-state index contributed by atoms with van der Waals surface area (Å²) in [5.74, 6) is 0.749. The van der Waals surface area contributed by atoms with Crippen molar-refractivity contribution in [1.29, 1.82) is 0 Å². The molecule has 4 nitrogen and oxygen atoms in total. The molecule has 0 spiro atoms. The van der Waals surface area contributed by atoms with Gasteiger partial charge in [0.2, 0.25) is 5.91 Å². The van der Waals surface area contributed by atoms with Gasteiger partial charge < -0.3 is 10.0 Å². The molecule has 1 rings (SSSR count). The molecule has 0 radical (unpaired) electrons. The van der Waals surface area contributed by atoms with Crippen molar-refractivity contribution in [2.24, 2.45) is 5.92 Å². The molecule has 1 fully saturated rings. The van der Waals surface area contributed by atoms with Crippen LogP contribution in [0.1, 0.15) is 27.2 Å². The van der Waals surface area contributed by atoms with Crippen molar-refractivity contribution >= 4 is 5.91 Å². The molecule has 1 atom stereocenters. The second-order valence-electron chi connectivity index (χ2n) is 4.93. The molecule has 16 heavy (non-hydrogen) atoms. The summed E-state index contributed by atoms with van der Waals surface area (Å²) in [4.78, 5) is 15.4. The number of aliphatic hydroxyl groups is 1. The van der Waals surface area contributed by atoms with Crippen molar-refractivity contribution in [3.63, 3.8) is 0 Å². The van der Waals surface area contributed by atoms with Crippen LogP contribution in [-0.2, 0) is 4.79 Å². The Morgan fingerprint density at radius 1 is 1.56 bits per heavy atom. The molecule has 1 saturated heterocycles. The highest BCUT2D eigenvalue weighted by Gasteiger charge is 2.26. The second-order valence-corrected chi connectivity index (χ2v) is 4.93. The smallest absolute Gasteiger partial charge is 0.219 e. The number of rotatable bonds is 5. The molecule has 1 amide bonds. The monoisotopic (exact) mass is 228 g/mol. The van der Waals surface area contributed by atoms with E-state index in [-0.39, 0.29) is 12.5 Å². The van der Waals surface area contributed by atoms with Crippen LogP contribution >= 0.6 is 0 Å². The van der Waals surface area contributed by atoms with E-state index in [9.17, 15) is 4.79 Å². The van der Waals surface area contributed by atoms with E-state index in [1.54, 1.807) is 6.92 Å². The number of aliphatic hydroxyl groups excluding tert-OH is 1. The molecule has 0 aromatic carbocycles. The van der Waals surface area contributed by atoms with Crippen molar-refractivity contribution in [2.75, 3.05) is 32.8 Å². The van der Waals surface area contributed by atoms with E-state index >= 15 is 0 Å². The summed E-state index contributed by atoms with van der Waals surface area (Å²) in [5, 5.41) is 8.99. The second kappa shape index (κ2) is 6.21. The van der Waals surface area contributed by atoms with E-state index in [0.717, 1.165) is 32.6 Å². The van der Waals surface area contributed by atoms with Crippen molar-refractivity contribution < 1.29 is 9.90 Å². The third kappa shape index (κ3) is 3.76. The van der Waals surface area contributed by atoms with Crippen LogP contribution in [0.3, 0.4) is 0 Å². The summed E-state index contributed by atoms with van der Waals surface area (Å²) in [7, 11) is 0. The lowest BCUT2D eigenvalue weighted by Crippen LogP contribution is -2.38. The van der Waals surface area contributed by atoms with Gasteiger partial charge in [-0.05, 0) is 26.2 Å². The normalized spacial score (nSPS) is 21.1. The maximum atomic E-state index is 11.2. The first-order valence-electron chi connectivity index (χ1n) is 6.15. The third-order valence-electron chi connectivity index (χ3n) is 3.34. The van der Waals surface area contributed by atoms with Gasteiger partial charge in [-0.1, -0.05) is 0 Å². The summed E-state index contributed by atoms with van der Waals surface area (Å²) in [6.45, 7) is 9.63. The van der Waals surface area contributed by atoms with Gasteiger partial charge in [0.15, 0.2) is 0 Å². The molecule has 4 heteroatoms. The first kappa shape index (κ1) is 13.5. The number of likely N-dealkylation sites (tertiary alicyclic amines) is 1. The molecular weight excluding hydrogens is 204 g/mol. The molecule has 94 valence electrons. The van der Waals surface area contributed by atoms with Gasteiger partial charge in [-0.3, -0.25) is 9.69 Å². The minimum absolute atomic E-state index is 0.181. The molecule has 0 saturated carbocycles. The Hall–Kier alpha value is -0.610. The summed E-state index contributed by atoms with van der Waals surface area (Å²) in [6, 6.07) is 0.457. The lowest BCUT2D eigenvalue weighted by atomic mass is 10.1. The molecular formula is C12H24N2O2. The van der Waals surface area contributed by atoms with Gasteiger partial charge in [-0.15, -0.1) is 0 Å². The SMILES string of the molecule is CC(=O)N1CC[C@H](CN(CCO)C(C)C)C1. The number of carbonyl (C=O) groups excluding carboxylic acids is 1. The van der Waals surface area contributed by atoms with Gasteiger partial charge in [0, 0.05) is 39.1 Å². The Morgan fingerprint density at radius 3 is 2.69 bits per heavy atom. The van der Waals surface area contributed by atoms with E-state index in [4.69, 9.17) is 5.11 Å². The molecule has 1 N–H and O–H groups in total. The quantitative estimate of drug-likeness (QED) is 0.747. The van der Waals surface area contributed by atoms with Crippen molar-refractivity contribution in [3.05, 3.63) is 0 Å². The van der Waals surface area contributed by atoms with E-state index in [1.165, 1.54) is 0 Å². The molecule has 0 aliphatic carbocycles. The zero-order valence-corrected chi connectivity index (χ0v) is 10.6. The zero-order chi connectivity index (χ0) is 12.1. The average Bonchev–Trinajstić information content (AvgIpc) is 2.65. The van der Waals surface area contributed by atoms with E-state index in [0.29, 0.717) is 12.0 Å². The van der Waals surface area contributed by atoms with Gasteiger partial charge in [-0.2, -0.15) is 0 Å². The largest absolute Gasteiger partial charge is 0.395 e. The summed E-state index contributed by atoms with van der Waals surface area (Å²) < 4.78 is 0. The van der Waals surface area contributed by atoms with Gasteiger partial charge in [0.25, 0.3) is 0 Å². The van der Waals surface area contributed by atoms with Crippen LogP contribution in [0, 0.1) is 5.92 Å². The molecule has 0 unspecified atom stereocenters. The summed E-state index contributed by atoms with van der Waals surface area (Å²) >= 11 is 0. The summed E-state index contributed by atoms with van der Waals surface area (Å²) in [5.41, 5.74) is 0. The van der Waals surface area contributed by atoms with Gasteiger partial charge in [0.05, 0.1) is 6.61 Å². The molecule has 1 aliphatic heterocycles. The minimum atomic E-state index is 0.181. The Morgan fingerprint density at radius 2 is 2.25 bits per heavy atom. The lowest BCUT2D eigenvalue weighted by Gasteiger charge is -2.28. The van der Waals surface area contributed by atoms with Crippen molar-refractivity contribution in [1.82, 2.24) is 9.80 Å².